The first-order valence-corrected chi connectivity index (χ1v) is 7.29. The van der Waals surface area contributed by atoms with Crippen LogP contribution in [0.3, 0.4) is 0 Å². The molecule has 2 aromatic carbocycles. The van der Waals surface area contributed by atoms with E-state index < -0.39 is 16.5 Å². The Morgan fingerprint density at radius 3 is 2.36 bits per heavy atom. The Bertz CT molecular complexity index is 687. The van der Waals surface area contributed by atoms with Gasteiger partial charge in [-0.05, 0) is 17.7 Å². The average molecular weight is 338 g/mol. The molecular weight excluding hydrogens is 325 g/mol. The predicted molar refractivity (Wildman–Crippen MR) is 85.6 cm³/mol. The number of hydrogen-bond donors (Lipinski definition) is 1. The molecule has 0 aliphatic heterocycles. The van der Waals surface area contributed by atoms with E-state index in [2.05, 4.69) is 0 Å². The van der Waals surface area contributed by atoms with E-state index in [4.69, 9.17) is 33.7 Å². The Kier molecular flexibility index (Phi) is 5.41. The zero-order chi connectivity index (χ0) is 16.1. The lowest BCUT2D eigenvalue weighted by Gasteiger charge is -2.11. The third-order valence-electron chi connectivity index (χ3n) is 2.97. The number of primary amides is 1. The number of hydrogen-bond acceptors (Lipinski definition) is 3. The standard InChI is InChI=1S/C16H13Cl2NO3/c17-15(18)14(20)11-6-7-12(16(19)21)13(8-11)22-9-10-4-2-1-3-5-10/h1-8,15H,9H2,(H2,19,21). The molecule has 0 atom stereocenters. The molecule has 0 aromatic heterocycles. The molecule has 0 radical (unpaired) electrons. The van der Waals surface area contributed by atoms with E-state index in [0.717, 1.165) is 5.56 Å². The van der Waals surface area contributed by atoms with Crippen molar-refractivity contribution < 1.29 is 14.3 Å². The summed E-state index contributed by atoms with van der Waals surface area (Å²) in [4.78, 5) is 22.1. The van der Waals surface area contributed by atoms with E-state index in [1.807, 2.05) is 30.3 Å². The second-order valence-corrected chi connectivity index (χ2v) is 5.61. The minimum Gasteiger partial charge on any atom is -0.488 e. The molecule has 114 valence electrons. The van der Waals surface area contributed by atoms with E-state index in [1.165, 1.54) is 18.2 Å². The van der Waals surface area contributed by atoms with Crippen molar-refractivity contribution in [3.63, 3.8) is 0 Å². The molecule has 2 N–H and O–H groups in total. The molecule has 4 nitrogen and oxygen atoms in total. The number of ketones is 1. The molecule has 0 saturated heterocycles. The number of carbonyl (C=O) groups is 2. The van der Waals surface area contributed by atoms with Gasteiger partial charge in [0, 0.05) is 5.56 Å². The molecule has 22 heavy (non-hydrogen) atoms. The molecule has 0 aliphatic rings. The Labute approximate surface area is 137 Å². The number of Topliss-reactive ketones (excluding diaryl/α,β-unsaturated/α-hetero) is 1. The van der Waals surface area contributed by atoms with Crippen LogP contribution < -0.4 is 10.5 Å². The summed E-state index contributed by atoms with van der Waals surface area (Å²) in [6.07, 6.45) is 0. The van der Waals surface area contributed by atoms with Gasteiger partial charge in [0.15, 0.2) is 10.6 Å². The highest BCUT2D eigenvalue weighted by Crippen LogP contribution is 2.23. The summed E-state index contributed by atoms with van der Waals surface area (Å²) in [5.41, 5.74) is 6.67. The summed E-state index contributed by atoms with van der Waals surface area (Å²) < 4.78 is 5.62. The number of alkyl halides is 2. The fourth-order valence-electron chi connectivity index (χ4n) is 1.86. The Hall–Kier alpha value is -2.04. The predicted octanol–water partition coefficient (Wildman–Crippen LogP) is 3.35. The maximum atomic E-state index is 11.8. The SMILES string of the molecule is NC(=O)c1ccc(C(=O)C(Cl)Cl)cc1OCc1ccccc1. The number of halogens is 2. The molecule has 6 heteroatoms. The van der Waals surface area contributed by atoms with Crippen LogP contribution in [-0.2, 0) is 6.61 Å². The number of rotatable bonds is 6. The molecule has 0 fully saturated rings. The van der Waals surface area contributed by atoms with Gasteiger partial charge in [0.25, 0.3) is 5.91 Å². The summed E-state index contributed by atoms with van der Waals surface area (Å²) in [5.74, 6) is -0.893. The Morgan fingerprint density at radius 2 is 1.77 bits per heavy atom. The van der Waals surface area contributed by atoms with Gasteiger partial charge in [-0.15, -0.1) is 0 Å². The van der Waals surface area contributed by atoms with E-state index >= 15 is 0 Å². The number of nitrogens with two attached hydrogens (primary N) is 1. The largest absolute Gasteiger partial charge is 0.488 e. The summed E-state index contributed by atoms with van der Waals surface area (Å²) in [7, 11) is 0. The highest BCUT2D eigenvalue weighted by Gasteiger charge is 2.18. The molecule has 0 saturated carbocycles. The van der Waals surface area contributed by atoms with E-state index in [-0.39, 0.29) is 23.5 Å². The first kappa shape index (κ1) is 16.3. The van der Waals surface area contributed by atoms with Crippen LogP contribution in [-0.4, -0.2) is 16.5 Å². The van der Waals surface area contributed by atoms with E-state index in [9.17, 15) is 9.59 Å². The molecule has 0 unspecified atom stereocenters. The lowest BCUT2D eigenvalue weighted by Crippen LogP contribution is -2.15. The van der Waals surface area contributed by atoms with Gasteiger partial charge in [0.1, 0.15) is 12.4 Å². The molecule has 2 aromatic rings. The van der Waals surface area contributed by atoms with E-state index in [1.54, 1.807) is 0 Å². The quantitative estimate of drug-likeness (QED) is 0.649. The highest BCUT2D eigenvalue weighted by atomic mass is 35.5. The maximum absolute atomic E-state index is 11.8. The lowest BCUT2D eigenvalue weighted by molar-refractivity contribution is 0.0987. The molecule has 0 heterocycles. The van der Waals surface area contributed by atoms with Crippen LogP contribution in [0, 0.1) is 0 Å². The van der Waals surface area contributed by atoms with Gasteiger partial charge in [0.05, 0.1) is 5.56 Å². The fourth-order valence-corrected chi connectivity index (χ4v) is 2.11. The smallest absolute Gasteiger partial charge is 0.252 e. The molecule has 2 rings (SSSR count). The summed E-state index contributed by atoms with van der Waals surface area (Å²) in [6.45, 7) is 0.240. The van der Waals surface area contributed by atoms with Gasteiger partial charge >= 0.3 is 0 Å². The Balaban J connectivity index is 2.28. The van der Waals surface area contributed by atoms with Crippen LogP contribution >= 0.6 is 23.2 Å². The zero-order valence-corrected chi connectivity index (χ0v) is 13.0. The van der Waals surface area contributed by atoms with Crippen LogP contribution in [0.15, 0.2) is 48.5 Å². The minimum atomic E-state index is -1.18. The third-order valence-corrected chi connectivity index (χ3v) is 3.36. The normalized spacial score (nSPS) is 10.5. The molecule has 0 bridgehead atoms. The number of carbonyl (C=O) groups excluding carboxylic acids is 2. The van der Waals surface area contributed by atoms with Gasteiger partial charge in [0.2, 0.25) is 0 Å². The second kappa shape index (κ2) is 7.29. The molecular formula is C16H13Cl2NO3. The van der Waals surface area contributed by atoms with Crippen LogP contribution in [0.5, 0.6) is 5.75 Å². The molecule has 0 aliphatic carbocycles. The lowest BCUT2D eigenvalue weighted by atomic mass is 10.1. The topological polar surface area (TPSA) is 69.4 Å². The first-order valence-electron chi connectivity index (χ1n) is 6.42. The third kappa shape index (κ3) is 4.00. The van der Waals surface area contributed by atoms with Crippen molar-refractivity contribution >= 4 is 34.9 Å². The van der Waals surface area contributed by atoms with Gasteiger partial charge in [-0.3, -0.25) is 9.59 Å². The second-order valence-electron chi connectivity index (χ2n) is 4.51. The van der Waals surface area contributed by atoms with Gasteiger partial charge in [-0.2, -0.15) is 0 Å². The van der Waals surface area contributed by atoms with Crippen molar-refractivity contribution in [1.82, 2.24) is 0 Å². The summed E-state index contributed by atoms with van der Waals surface area (Å²) in [5, 5.41) is 0. The van der Waals surface area contributed by atoms with Gasteiger partial charge in [-0.1, -0.05) is 59.6 Å². The zero-order valence-electron chi connectivity index (χ0n) is 11.5. The summed E-state index contributed by atoms with van der Waals surface area (Å²) >= 11 is 11.1. The molecule has 0 spiro atoms. The van der Waals surface area contributed by atoms with Crippen molar-refractivity contribution in [2.45, 2.75) is 11.4 Å². The van der Waals surface area contributed by atoms with Crippen molar-refractivity contribution in [3.05, 3.63) is 65.2 Å². The number of amides is 1. The van der Waals surface area contributed by atoms with Crippen molar-refractivity contribution in [1.29, 1.82) is 0 Å². The first-order chi connectivity index (χ1) is 10.5. The van der Waals surface area contributed by atoms with Crippen LogP contribution in [0.2, 0.25) is 0 Å². The minimum absolute atomic E-state index is 0.188. The number of ether oxygens (including phenoxy) is 1. The van der Waals surface area contributed by atoms with Crippen molar-refractivity contribution in [3.8, 4) is 5.75 Å². The Morgan fingerprint density at radius 1 is 1.09 bits per heavy atom. The van der Waals surface area contributed by atoms with Gasteiger partial charge < -0.3 is 10.5 Å². The average Bonchev–Trinajstić information content (AvgIpc) is 2.52. The van der Waals surface area contributed by atoms with Crippen LogP contribution in [0.4, 0.5) is 0 Å². The van der Waals surface area contributed by atoms with E-state index in [0.29, 0.717) is 0 Å². The summed E-state index contributed by atoms with van der Waals surface area (Å²) in [6, 6.07) is 13.7. The maximum Gasteiger partial charge on any atom is 0.252 e. The fraction of sp³-hybridized carbons (Fsp3) is 0.125. The van der Waals surface area contributed by atoms with Crippen LogP contribution in [0.25, 0.3) is 0 Å². The van der Waals surface area contributed by atoms with Crippen molar-refractivity contribution in [2.24, 2.45) is 5.73 Å². The molecule has 1 amide bonds. The van der Waals surface area contributed by atoms with Gasteiger partial charge in [-0.25, -0.2) is 0 Å². The number of benzene rings is 2. The monoisotopic (exact) mass is 337 g/mol. The van der Waals surface area contributed by atoms with Crippen LogP contribution in [0.1, 0.15) is 26.3 Å². The highest BCUT2D eigenvalue weighted by molar-refractivity contribution is 6.55. The van der Waals surface area contributed by atoms with Crippen molar-refractivity contribution in [2.75, 3.05) is 0 Å².